The molecule has 1 aliphatic rings. The molecule has 2 aromatic rings. The van der Waals surface area contributed by atoms with E-state index in [1.165, 1.54) is 6.07 Å². The molecular formula is C15H19F3N3O5P. The van der Waals surface area contributed by atoms with E-state index in [1.807, 2.05) is 11.9 Å². The lowest BCUT2D eigenvalue weighted by Gasteiger charge is -2.30. The molecular weight excluding hydrogens is 390 g/mol. The summed E-state index contributed by atoms with van der Waals surface area (Å²) in [5.74, 6) is 0. The fraction of sp³-hybridized carbons (Fsp3) is 0.533. The molecule has 0 aliphatic carbocycles. The average Bonchev–Trinajstić information content (AvgIpc) is 2.84. The van der Waals surface area contributed by atoms with Gasteiger partial charge in [0, 0.05) is 6.04 Å². The molecule has 1 aromatic carbocycles. The van der Waals surface area contributed by atoms with Gasteiger partial charge in [0.25, 0.3) is 0 Å². The predicted molar refractivity (Wildman–Crippen MR) is 90.1 cm³/mol. The molecule has 0 bridgehead atoms. The van der Waals surface area contributed by atoms with Crippen LogP contribution in [0.2, 0.25) is 0 Å². The molecule has 150 valence electrons. The van der Waals surface area contributed by atoms with E-state index in [-0.39, 0.29) is 11.0 Å². The molecule has 0 amide bonds. The normalized spacial score (nSPS) is 17.7. The highest BCUT2D eigenvalue weighted by Crippen LogP contribution is 2.39. The summed E-state index contributed by atoms with van der Waals surface area (Å²) in [6, 6.07) is 2.90. The highest BCUT2D eigenvalue weighted by molar-refractivity contribution is 7.46. The van der Waals surface area contributed by atoms with Crippen molar-refractivity contribution in [2.24, 2.45) is 0 Å². The van der Waals surface area contributed by atoms with Gasteiger partial charge in [-0.3, -0.25) is 13.7 Å². The largest absolute Gasteiger partial charge is 0.471 e. The molecule has 1 saturated heterocycles. The molecule has 0 atom stereocenters. The Morgan fingerprint density at radius 3 is 2.44 bits per heavy atom. The Balaban J connectivity index is 2.21. The standard InChI is InChI=1S/C15H19F3N3O5P/c1-19-7-5-10(6-8-19)21-13-11(15(16,17)18)3-2-4-12(13)20(14(21)22)9-26-27(23,24)25/h2-4,10H,5-9H2,1H3,(H2,23,24,25). The lowest BCUT2D eigenvalue weighted by atomic mass is 10.0. The Kier molecular flexibility index (Phi) is 5.26. The zero-order valence-electron chi connectivity index (χ0n) is 14.4. The maximum absolute atomic E-state index is 13.6. The number of fused-ring (bicyclic) bond motifs is 1. The van der Waals surface area contributed by atoms with Crippen LogP contribution in [0, 0.1) is 0 Å². The molecule has 1 aliphatic heterocycles. The summed E-state index contributed by atoms with van der Waals surface area (Å²) in [5, 5.41) is 0. The van der Waals surface area contributed by atoms with Crippen LogP contribution >= 0.6 is 7.82 Å². The Bertz CT molecular complexity index is 941. The monoisotopic (exact) mass is 409 g/mol. The third-order valence-corrected chi connectivity index (χ3v) is 5.15. The van der Waals surface area contributed by atoms with Crippen molar-refractivity contribution in [1.29, 1.82) is 0 Å². The maximum Gasteiger partial charge on any atom is 0.471 e. The number of benzene rings is 1. The van der Waals surface area contributed by atoms with Gasteiger partial charge in [-0.25, -0.2) is 9.36 Å². The van der Waals surface area contributed by atoms with E-state index in [2.05, 4.69) is 4.52 Å². The topological polar surface area (TPSA) is 96.9 Å². The molecule has 3 rings (SSSR count). The minimum atomic E-state index is -4.90. The first-order valence-corrected chi connectivity index (χ1v) is 9.71. The van der Waals surface area contributed by atoms with Crippen molar-refractivity contribution in [3.8, 4) is 0 Å². The number of hydrogen-bond donors (Lipinski definition) is 2. The predicted octanol–water partition coefficient (Wildman–Crippen LogP) is 2.16. The number of likely N-dealkylation sites (tertiary alicyclic amines) is 1. The third kappa shape index (κ3) is 4.12. The van der Waals surface area contributed by atoms with Gasteiger partial charge < -0.3 is 14.7 Å². The van der Waals surface area contributed by atoms with Crippen LogP contribution in [0.5, 0.6) is 0 Å². The summed E-state index contributed by atoms with van der Waals surface area (Å²) < 4.78 is 57.9. The number of phosphoric ester groups is 1. The van der Waals surface area contributed by atoms with Crippen LogP contribution in [0.3, 0.4) is 0 Å². The Hall–Kier alpha value is -1.65. The van der Waals surface area contributed by atoms with Crippen LogP contribution in [-0.2, 0) is 22.0 Å². The number of nitrogens with zero attached hydrogens (tertiary/aromatic N) is 3. The Labute approximate surface area is 152 Å². The summed E-state index contributed by atoms with van der Waals surface area (Å²) >= 11 is 0. The fourth-order valence-electron chi connectivity index (χ4n) is 3.41. The number of hydrogen-bond acceptors (Lipinski definition) is 4. The van der Waals surface area contributed by atoms with Crippen molar-refractivity contribution in [1.82, 2.24) is 14.0 Å². The summed E-state index contributed by atoms with van der Waals surface area (Å²) in [5.41, 5.74) is -2.13. The van der Waals surface area contributed by atoms with Gasteiger partial charge in [-0.05, 0) is 45.1 Å². The van der Waals surface area contributed by atoms with Crippen molar-refractivity contribution in [2.45, 2.75) is 31.8 Å². The van der Waals surface area contributed by atoms with Gasteiger partial charge >= 0.3 is 19.7 Å². The molecule has 2 heterocycles. The molecule has 12 heteroatoms. The second kappa shape index (κ2) is 7.06. The fourth-order valence-corrected chi connectivity index (χ4v) is 3.68. The summed E-state index contributed by atoms with van der Waals surface area (Å²) in [6.45, 7) is 0.397. The molecule has 0 saturated carbocycles. The summed E-state index contributed by atoms with van der Waals surface area (Å²) in [6.07, 6.45) is -3.71. The van der Waals surface area contributed by atoms with Crippen molar-refractivity contribution in [3.05, 3.63) is 34.2 Å². The zero-order valence-corrected chi connectivity index (χ0v) is 15.3. The number of halogens is 3. The molecule has 1 fully saturated rings. The molecule has 27 heavy (non-hydrogen) atoms. The number of aromatic nitrogens is 2. The zero-order chi connectivity index (χ0) is 20.0. The van der Waals surface area contributed by atoms with Gasteiger partial charge in [0.05, 0.1) is 16.6 Å². The Morgan fingerprint density at radius 2 is 1.89 bits per heavy atom. The molecule has 0 spiro atoms. The maximum atomic E-state index is 13.6. The summed E-state index contributed by atoms with van der Waals surface area (Å²) in [4.78, 5) is 32.7. The minimum Gasteiger partial charge on any atom is -0.306 e. The smallest absolute Gasteiger partial charge is 0.306 e. The number of rotatable bonds is 4. The first-order valence-electron chi connectivity index (χ1n) is 8.18. The molecule has 0 unspecified atom stereocenters. The van der Waals surface area contributed by atoms with Gasteiger partial charge in [-0.1, -0.05) is 6.07 Å². The molecule has 1 aromatic heterocycles. The second-order valence-electron chi connectivity index (χ2n) is 6.53. The van der Waals surface area contributed by atoms with Crippen LogP contribution in [0.15, 0.2) is 23.0 Å². The number of imidazole rings is 1. The average molecular weight is 409 g/mol. The quantitative estimate of drug-likeness (QED) is 0.752. The van der Waals surface area contributed by atoms with Gasteiger partial charge in [-0.15, -0.1) is 0 Å². The summed E-state index contributed by atoms with van der Waals surface area (Å²) in [7, 11) is -3.02. The van der Waals surface area contributed by atoms with E-state index in [4.69, 9.17) is 9.79 Å². The highest BCUT2D eigenvalue weighted by atomic mass is 31.2. The number of para-hydroxylation sites is 1. The van der Waals surface area contributed by atoms with Crippen molar-refractivity contribution < 1.29 is 32.0 Å². The van der Waals surface area contributed by atoms with Gasteiger partial charge in [0.2, 0.25) is 0 Å². The first kappa shape index (κ1) is 20.1. The van der Waals surface area contributed by atoms with E-state index in [9.17, 15) is 22.5 Å². The van der Waals surface area contributed by atoms with Crippen LogP contribution in [0.1, 0.15) is 24.4 Å². The van der Waals surface area contributed by atoms with Gasteiger partial charge in [-0.2, -0.15) is 13.2 Å². The second-order valence-corrected chi connectivity index (χ2v) is 7.77. The van der Waals surface area contributed by atoms with Gasteiger partial charge in [0.1, 0.15) is 6.73 Å². The lowest BCUT2D eigenvalue weighted by molar-refractivity contribution is -0.136. The molecule has 0 radical (unpaired) electrons. The van der Waals surface area contributed by atoms with Crippen molar-refractivity contribution in [3.63, 3.8) is 0 Å². The van der Waals surface area contributed by atoms with Gasteiger partial charge in [0.15, 0.2) is 0 Å². The Morgan fingerprint density at radius 1 is 1.26 bits per heavy atom. The highest BCUT2D eigenvalue weighted by Gasteiger charge is 2.36. The van der Waals surface area contributed by atoms with E-state index in [1.54, 1.807) is 0 Å². The third-order valence-electron chi connectivity index (χ3n) is 4.70. The lowest BCUT2D eigenvalue weighted by Crippen LogP contribution is -2.36. The number of phosphoric acid groups is 1. The van der Waals surface area contributed by atoms with E-state index in [0.29, 0.717) is 25.9 Å². The molecule has 8 nitrogen and oxygen atoms in total. The van der Waals surface area contributed by atoms with E-state index in [0.717, 1.165) is 21.3 Å². The van der Waals surface area contributed by atoms with E-state index < -0.39 is 38.0 Å². The van der Waals surface area contributed by atoms with Crippen molar-refractivity contribution >= 4 is 18.9 Å². The number of piperidine rings is 1. The van der Waals surface area contributed by atoms with E-state index >= 15 is 0 Å². The minimum absolute atomic E-state index is 0.0813. The first-order chi connectivity index (χ1) is 12.5. The van der Waals surface area contributed by atoms with Crippen LogP contribution < -0.4 is 5.69 Å². The van der Waals surface area contributed by atoms with Crippen molar-refractivity contribution in [2.75, 3.05) is 20.1 Å². The molecule has 2 N–H and O–H groups in total. The van der Waals surface area contributed by atoms with Crippen LogP contribution in [0.4, 0.5) is 13.2 Å². The van der Waals surface area contributed by atoms with Crippen LogP contribution in [0.25, 0.3) is 11.0 Å². The van der Waals surface area contributed by atoms with Crippen LogP contribution in [-0.4, -0.2) is 44.0 Å². The number of alkyl halides is 3. The SMILES string of the molecule is CN1CCC(n2c(=O)n(COP(=O)(O)O)c3cccc(C(F)(F)F)c32)CC1.